The standard InChI is InChI=1S/C30H32N4O4/c1-20-5-6-26(21(2)12-20)29-27-14-28(38-11-8-22-4-3-9-31-15-22)24(17-35)13-23(27)7-10-34(29)30(36)32-16-25-18-37-19-33-25/h3-6,9,12-15,18-19,29,35H,7-8,10-11,16-17H2,1-2H3,(H,32,36). The summed E-state index contributed by atoms with van der Waals surface area (Å²) in [7, 11) is 0. The van der Waals surface area contributed by atoms with E-state index in [9.17, 15) is 9.90 Å². The monoisotopic (exact) mass is 512 g/mol. The molecule has 2 amide bonds. The minimum absolute atomic E-state index is 0.119. The Balaban J connectivity index is 1.47. The Morgan fingerprint density at radius 1 is 1.21 bits per heavy atom. The molecular weight excluding hydrogens is 480 g/mol. The van der Waals surface area contributed by atoms with Gasteiger partial charge in [-0.25, -0.2) is 9.78 Å². The summed E-state index contributed by atoms with van der Waals surface area (Å²) in [6.45, 7) is 5.30. The summed E-state index contributed by atoms with van der Waals surface area (Å²) in [4.78, 5) is 23.6. The number of pyridine rings is 1. The Kier molecular flexibility index (Phi) is 7.70. The molecule has 2 aromatic carbocycles. The average Bonchev–Trinajstić information content (AvgIpc) is 3.45. The lowest BCUT2D eigenvalue weighted by Gasteiger charge is -2.39. The van der Waals surface area contributed by atoms with E-state index >= 15 is 0 Å². The molecule has 0 spiro atoms. The van der Waals surface area contributed by atoms with Crippen molar-refractivity contribution in [2.45, 2.75) is 45.9 Å². The maximum Gasteiger partial charge on any atom is 0.318 e. The second-order valence-electron chi connectivity index (χ2n) is 9.62. The first-order valence-electron chi connectivity index (χ1n) is 12.8. The van der Waals surface area contributed by atoms with Gasteiger partial charge in [0.15, 0.2) is 6.39 Å². The Hall–Kier alpha value is -4.17. The van der Waals surface area contributed by atoms with E-state index in [0.29, 0.717) is 37.4 Å². The number of hydrogen-bond acceptors (Lipinski definition) is 6. The van der Waals surface area contributed by atoms with Crippen molar-refractivity contribution in [1.82, 2.24) is 20.2 Å². The minimum Gasteiger partial charge on any atom is -0.493 e. The number of carbonyl (C=O) groups excluding carboxylic acids is 1. The van der Waals surface area contributed by atoms with Gasteiger partial charge in [0.05, 0.1) is 31.5 Å². The molecule has 2 aromatic heterocycles. The van der Waals surface area contributed by atoms with Crippen LogP contribution in [0.1, 0.15) is 50.7 Å². The summed E-state index contributed by atoms with van der Waals surface area (Å²) in [5.74, 6) is 0.634. The van der Waals surface area contributed by atoms with E-state index in [4.69, 9.17) is 9.15 Å². The zero-order valence-electron chi connectivity index (χ0n) is 21.7. The normalized spacial score (nSPS) is 14.7. The molecule has 0 aliphatic carbocycles. The van der Waals surface area contributed by atoms with Crippen LogP contribution in [0.4, 0.5) is 4.79 Å². The molecule has 8 heteroatoms. The number of nitrogens with zero attached hydrogens (tertiary/aromatic N) is 3. The molecule has 0 radical (unpaired) electrons. The molecule has 1 aliphatic heterocycles. The zero-order valence-corrected chi connectivity index (χ0v) is 21.7. The number of ether oxygens (including phenoxy) is 1. The van der Waals surface area contributed by atoms with Gasteiger partial charge in [-0.3, -0.25) is 4.98 Å². The highest BCUT2D eigenvalue weighted by atomic mass is 16.5. The number of rotatable bonds is 8. The molecule has 196 valence electrons. The topological polar surface area (TPSA) is 101 Å². The van der Waals surface area contributed by atoms with Crippen molar-refractivity contribution in [1.29, 1.82) is 0 Å². The number of urea groups is 1. The Labute approximate surface area is 222 Å². The van der Waals surface area contributed by atoms with Crippen LogP contribution < -0.4 is 10.1 Å². The lowest BCUT2D eigenvalue weighted by Crippen LogP contribution is -2.46. The molecule has 1 unspecified atom stereocenters. The molecule has 5 rings (SSSR count). The smallest absolute Gasteiger partial charge is 0.318 e. The van der Waals surface area contributed by atoms with Gasteiger partial charge in [-0.1, -0.05) is 29.8 Å². The molecule has 8 nitrogen and oxygen atoms in total. The van der Waals surface area contributed by atoms with Crippen LogP contribution in [0, 0.1) is 13.8 Å². The molecule has 1 aliphatic rings. The van der Waals surface area contributed by atoms with Crippen LogP contribution in [-0.2, 0) is 26.0 Å². The molecule has 38 heavy (non-hydrogen) atoms. The Bertz CT molecular complexity index is 1390. The summed E-state index contributed by atoms with van der Waals surface area (Å²) in [6, 6.07) is 13.8. The van der Waals surface area contributed by atoms with Crippen molar-refractivity contribution in [2.75, 3.05) is 13.2 Å². The fraction of sp³-hybridized carbons (Fsp3) is 0.300. The Morgan fingerprint density at radius 2 is 2.11 bits per heavy atom. The summed E-state index contributed by atoms with van der Waals surface area (Å²) in [6.07, 6.45) is 7.84. The van der Waals surface area contributed by atoms with Gasteiger partial charge in [0, 0.05) is 30.9 Å². The fourth-order valence-electron chi connectivity index (χ4n) is 5.06. The summed E-state index contributed by atoms with van der Waals surface area (Å²) >= 11 is 0. The number of fused-ring (bicyclic) bond motifs is 1. The van der Waals surface area contributed by atoms with Crippen LogP contribution in [0.2, 0.25) is 0 Å². The van der Waals surface area contributed by atoms with E-state index in [2.05, 4.69) is 47.3 Å². The van der Waals surface area contributed by atoms with Gasteiger partial charge < -0.3 is 24.5 Å². The van der Waals surface area contributed by atoms with Crippen LogP contribution in [0.5, 0.6) is 5.75 Å². The maximum absolute atomic E-state index is 13.5. The molecule has 4 aromatic rings. The highest BCUT2D eigenvalue weighted by molar-refractivity contribution is 5.76. The van der Waals surface area contributed by atoms with E-state index in [1.54, 1.807) is 6.20 Å². The van der Waals surface area contributed by atoms with Crippen LogP contribution in [-0.4, -0.2) is 39.2 Å². The molecule has 0 saturated carbocycles. The third-order valence-electron chi connectivity index (χ3n) is 6.98. The largest absolute Gasteiger partial charge is 0.493 e. The Morgan fingerprint density at radius 3 is 2.84 bits per heavy atom. The van der Waals surface area contributed by atoms with E-state index < -0.39 is 0 Å². The second-order valence-corrected chi connectivity index (χ2v) is 9.62. The van der Waals surface area contributed by atoms with E-state index in [0.717, 1.165) is 33.4 Å². The molecule has 0 saturated heterocycles. The molecule has 1 atom stereocenters. The van der Waals surface area contributed by atoms with Crippen LogP contribution in [0.25, 0.3) is 0 Å². The predicted molar refractivity (Wildman–Crippen MR) is 143 cm³/mol. The number of amides is 2. The summed E-state index contributed by atoms with van der Waals surface area (Å²) in [5.41, 5.74) is 7.95. The lowest BCUT2D eigenvalue weighted by molar-refractivity contribution is 0.179. The first-order valence-corrected chi connectivity index (χ1v) is 12.8. The lowest BCUT2D eigenvalue weighted by atomic mass is 9.85. The highest BCUT2D eigenvalue weighted by Crippen LogP contribution is 2.40. The van der Waals surface area contributed by atoms with Crippen molar-refractivity contribution in [3.05, 3.63) is 112 Å². The van der Waals surface area contributed by atoms with Gasteiger partial charge in [-0.05, 0) is 66.3 Å². The van der Waals surface area contributed by atoms with Gasteiger partial charge in [0.25, 0.3) is 0 Å². The molecule has 2 N–H and O–H groups in total. The third kappa shape index (κ3) is 5.55. The van der Waals surface area contributed by atoms with Crippen molar-refractivity contribution >= 4 is 6.03 Å². The summed E-state index contributed by atoms with van der Waals surface area (Å²) < 4.78 is 11.2. The van der Waals surface area contributed by atoms with Gasteiger partial charge in [-0.2, -0.15) is 0 Å². The number of oxazole rings is 1. The first kappa shape index (κ1) is 25.5. The number of aliphatic hydroxyl groups is 1. The van der Waals surface area contributed by atoms with Gasteiger partial charge in [0.2, 0.25) is 0 Å². The van der Waals surface area contributed by atoms with Crippen molar-refractivity contribution < 1.29 is 19.1 Å². The fourth-order valence-corrected chi connectivity index (χ4v) is 5.06. The van der Waals surface area contributed by atoms with Crippen molar-refractivity contribution in [3.8, 4) is 5.75 Å². The third-order valence-corrected chi connectivity index (χ3v) is 6.98. The molecule has 0 bridgehead atoms. The van der Waals surface area contributed by atoms with E-state index in [-0.39, 0.29) is 25.2 Å². The molecule has 0 fully saturated rings. The van der Waals surface area contributed by atoms with Crippen molar-refractivity contribution in [2.24, 2.45) is 0 Å². The zero-order chi connectivity index (χ0) is 26.5. The average molecular weight is 513 g/mol. The van der Waals surface area contributed by atoms with Gasteiger partial charge in [0.1, 0.15) is 12.0 Å². The van der Waals surface area contributed by atoms with Crippen LogP contribution in [0.15, 0.2) is 71.9 Å². The number of aliphatic hydroxyl groups excluding tert-OH is 1. The van der Waals surface area contributed by atoms with E-state index in [1.165, 1.54) is 18.2 Å². The molecule has 3 heterocycles. The second kappa shape index (κ2) is 11.5. The summed E-state index contributed by atoms with van der Waals surface area (Å²) in [5, 5.41) is 13.1. The van der Waals surface area contributed by atoms with Gasteiger partial charge >= 0.3 is 6.03 Å². The number of aromatic nitrogens is 2. The van der Waals surface area contributed by atoms with Crippen molar-refractivity contribution in [3.63, 3.8) is 0 Å². The minimum atomic E-state index is -0.301. The SMILES string of the molecule is Cc1ccc(C2c3cc(OCCc4cccnc4)c(CO)cc3CCN2C(=O)NCc2cocn2)c(C)c1. The van der Waals surface area contributed by atoms with Gasteiger partial charge in [-0.15, -0.1) is 0 Å². The maximum atomic E-state index is 13.5. The predicted octanol–water partition coefficient (Wildman–Crippen LogP) is 4.66. The highest BCUT2D eigenvalue weighted by Gasteiger charge is 2.34. The molecular formula is C30H32N4O4. The first-order chi connectivity index (χ1) is 18.5. The van der Waals surface area contributed by atoms with Crippen LogP contribution >= 0.6 is 0 Å². The number of aryl methyl sites for hydroxylation is 2. The quantitative estimate of drug-likeness (QED) is 0.356. The van der Waals surface area contributed by atoms with Crippen LogP contribution in [0.3, 0.4) is 0 Å². The van der Waals surface area contributed by atoms with E-state index in [1.807, 2.05) is 35.4 Å². The number of nitrogens with one attached hydrogen (secondary N) is 1. The number of carbonyl (C=O) groups is 1. The number of hydrogen-bond donors (Lipinski definition) is 2. The number of benzene rings is 2.